The molecule has 0 bridgehead atoms. The molecular formula is C19H19NO2. The summed E-state index contributed by atoms with van der Waals surface area (Å²) in [6.07, 6.45) is 4.25. The van der Waals surface area contributed by atoms with Gasteiger partial charge < -0.3 is 10.1 Å². The van der Waals surface area contributed by atoms with Crippen LogP contribution in [0.25, 0.3) is 6.08 Å². The van der Waals surface area contributed by atoms with Crippen molar-refractivity contribution >= 4 is 12.0 Å². The Hall–Kier alpha value is -2.55. The van der Waals surface area contributed by atoms with E-state index in [0.29, 0.717) is 6.61 Å². The van der Waals surface area contributed by atoms with Gasteiger partial charge >= 0.3 is 0 Å². The molecular weight excluding hydrogens is 274 g/mol. The summed E-state index contributed by atoms with van der Waals surface area (Å²) in [5.41, 5.74) is 3.26. The summed E-state index contributed by atoms with van der Waals surface area (Å²) in [5, 5.41) is 3.06. The lowest BCUT2D eigenvalue weighted by Crippen LogP contribution is -2.30. The minimum Gasteiger partial charge on any atom is -0.493 e. The monoisotopic (exact) mass is 293 g/mol. The smallest absolute Gasteiger partial charge is 0.244 e. The van der Waals surface area contributed by atoms with Gasteiger partial charge in [0.05, 0.1) is 12.6 Å². The van der Waals surface area contributed by atoms with E-state index in [9.17, 15) is 4.79 Å². The second-order valence-corrected chi connectivity index (χ2v) is 5.43. The number of hydrogen-bond acceptors (Lipinski definition) is 2. The normalized spacial score (nSPS) is 16.9. The molecule has 0 fully saturated rings. The second kappa shape index (κ2) is 6.48. The Bertz CT molecular complexity index is 706. The second-order valence-electron chi connectivity index (χ2n) is 5.43. The first-order valence-corrected chi connectivity index (χ1v) is 7.50. The molecule has 0 saturated carbocycles. The van der Waals surface area contributed by atoms with E-state index in [2.05, 4.69) is 5.32 Å². The maximum absolute atomic E-state index is 12.2. The molecule has 3 nitrogen and oxygen atoms in total. The summed E-state index contributed by atoms with van der Waals surface area (Å²) in [7, 11) is 0. The highest BCUT2D eigenvalue weighted by molar-refractivity contribution is 5.92. The van der Waals surface area contributed by atoms with E-state index in [0.717, 1.165) is 28.9 Å². The first kappa shape index (κ1) is 14.4. The molecule has 3 rings (SSSR count). The SMILES string of the molecule is Cc1ccccc1/C=C/C(=O)N[C@H]1CCOc2ccccc21. The molecule has 0 aliphatic carbocycles. The minimum absolute atomic E-state index is 0.0129. The van der Waals surface area contributed by atoms with Crippen LogP contribution >= 0.6 is 0 Å². The molecule has 3 heteroatoms. The maximum Gasteiger partial charge on any atom is 0.244 e. The number of para-hydroxylation sites is 1. The van der Waals surface area contributed by atoms with Crippen molar-refractivity contribution < 1.29 is 9.53 Å². The van der Waals surface area contributed by atoms with Crippen LogP contribution in [0.2, 0.25) is 0 Å². The Morgan fingerprint density at radius 2 is 1.95 bits per heavy atom. The highest BCUT2D eigenvalue weighted by Gasteiger charge is 2.21. The van der Waals surface area contributed by atoms with Crippen LogP contribution in [0.1, 0.15) is 29.2 Å². The molecule has 0 unspecified atom stereocenters. The molecule has 0 saturated heterocycles. The first-order chi connectivity index (χ1) is 10.7. The number of rotatable bonds is 3. The van der Waals surface area contributed by atoms with E-state index in [-0.39, 0.29) is 11.9 Å². The highest BCUT2D eigenvalue weighted by Crippen LogP contribution is 2.31. The lowest BCUT2D eigenvalue weighted by molar-refractivity contribution is -0.117. The van der Waals surface area contributed by atoms with Gasteiger partial charge in [0, 0.05) is 18.1 Å². The van der Waals surface area contributed by atoms with Crippen LogP contribution < -0.4 is 10.1 Å². The molecule has 2 aromatic carbocycles. The number of aryl methyl sites for hydroxylation is 1. The van der Waals surface area contributed by atoms with Crippen molar-refractivity contribution in [2.24, 2.45) is 0 Å². The number of amides is 1. The predicted octanol–water partition coefficient (Wildman–Crippen LogP) is 3.65. The molecule has 1 amide bonds. The number of fused-ring (bicyclic) bond motifs is 1. The lowest BCUT2D eigenvalue weighted by atomic mass is 10.0. The summed E-state index contributed by atoms with van der Waals surface area (Å²) in [6.45, 7) is 2.66. The number of carbonyl (C=O) groups is 1. The summed E-state index contributed by atoms with van der Waals surface area (Å²) in [4.78, 5) is 12.2. The van der Waals surface area contributed by atoms with Gasteiger partial charge in [0.1, 0.15) is 5.75 Å². The first-order valence-electron chi connectivity index (χ1n) is 7.50. The zero-order valence-electron chi connectivity index (χ0n) is 12.6. The van der Waals surface area contributed by atoms with Crippen molar-refractivity contribution in [1.29, 1.82) is 0 Å². The van der Waals surface area contributed by atoms with Crippen LogP contribution in [-0.2, 0) is 4.79 Å². The van der Waals surface area contributed by atoms with Crippen LogP contribution in [-0.4, -0.2) is 12.5 Å². The fourth-order valence-electron chi connectivity index (χ4n) is 2.65. The third-order valence-corrected chi connectivity index (χ3v) is 3.88. The summed E-state index contributed by atoms with van der Waals surface area (Å²) in [6, 6.07) is 15.9. The molecule has 1 aliphatic rings. The van der Waals surface area contributed by atoms with Gasteiger partial charge in [-0.25, -0.2) is 0 Å². The topological polar surface area (TPSA) is 38.3 Å². The molecule has 22 heavy (non-hydrogen) atoms. The Kier molecular flexibility index (Phi) is 4.24. The highest BCUT2D eigenvalue weighted by atomic mass is 16.5. The van der Waals surface area contributed by atoms with Crippen molar-refractivity contribution in [1.82, 2.24) is 5.32 Å². The zero-order valence-corrected chi connectivity index (χ0v) is 12.6. The predicted molar refractivity (Wildman–Crippen MR) is 87.7 cm³/mol. The van der Waals surface area contributed by atoms with Gasteiger partial charge in [-0.3, -0.25) is 4.79 Å². The van der Waals surface area contributed by atoms with E-state index in [1.807, 2.05) is 61.5 Å². The van der Waals surface area contributed by atoms with Crippen LogP contribution in [0.3, 0.4) is 0 Å². The quantitative estimate of drug-likeness (QED) is 0.877. The Balaban J connectivity index is 1.69. The lowest BCUT2D eigenvalue weighted by Gasteiger charge is -2.26. The average molecular weight is 293 g/mol. The van der Waals surface area contributed by atoms with Crippen molar-refractivity contribution in [3.63, 3.8) is 0 Å². The van der Waals surface area contributed by atoms with E-state index < -0.39 is 0 Å². The molecule has 0 radical (unpaired) electrons. The largest absolute Gasteiger partial charge is 0.493 e. The van der Waals surface area contributed by atoms with Gasteiger partial charge in [0.25, 0.3) is 0 Å². The third-order valence-electron chi connectivity index (χ3n) is 3.88. The van der Waals surface area contributed by atoms with Crippen molar-refractivity contribution in [3.8, 4) is 5.75 Å². The maximum atomic E-state index is 12.2. The number of nitrogens with one attached hydrogen (secondary N) is 1. The van der Waals surface area contributed by atoms with Crippen LogP contribution in [0.4, 0.5) is 0 Å². The number of hydrogen-bond donors (Lipinski definition) is 1. The van der Waals surface area contributed by atoms with Crippen molar-refractivity contribution in [2.45, 2.75) is 19.4 Å². The fourth-order valence-corrected chi connectivity index (χ4v) is 2.65. The number of ether oxygens (including phenoxy) is 1. The van der Waals surface area contributed by atoms with E-state index in [1.54, 1.807) is 6.08 Å². The van der Waals surface area contributed by atoms with Gasteiger partial charge in [-0.05, 0) is 30.2 Å². The standard InChI is InChI=1S/C19H19NO2/c1-14-6-2-3-7-15(14)10-11-19(21)20-17-12-13-22-18-9-5-4-8-16(17)18/h2-11,17H,12-13H2,1H3,(H,20,21)/b11-10+/t17-/m0/s1. The third kappa shape index (κ3) is 3.19. The summed E-state index contributed by atoms with van der Waals surface area (Å²) < 4.78 is 5.61. The molecule has 2 aromatic rings. The number of carbonyl (C=O) groups excluding carboxylic acids is 1. The Morgan fingerprint density at radius 1 is 1.18 bits per heavy atom. The van der Waals surface area contributed by atoms with Gasteiger partial charge in [0.15, 0.2) is 0 Å². The van der Waals surface area contributed by atoms with Gasteiger partial charge in [0.2, 0.25) is 5.91 Å². The van der Waals surface area contributed by atoms with Gasteiger partial charge in [-0.15, -0.1) is 0 Å². The molecule has 1 atom stereocenters. The van der Waals surface area contributed by atoms with Gasteiger partial charge in [-0.2, -0.15) is 0 Å². The summed E-state index contributed by atoms with van der Waals surface area (Å²) >= 11 is 0. The van der Waals surface area contributed by atoms with Crippen LogP contribution in [0.5, 0.6) is 5.75 Å². The fraction of sp³-hybridized carbons (Fsp3) is 0.211. The van der Waals surface area contributed by atoms with E-state index >= 15 is 0 Å². The molecule has 112 valence electrons. The average Bonchev–Trinajstić information content (AvgIpc) is 2.54. The van der Waals surface area contributed by atoms with E-state index in [1.165, 1.54) is 0 Å². The molecule has 1 heterocycles. The van der Waals surface area contributed by atoms with Crippen LogP contribution in [0, 0.1) is 6.92 Å². The zero-order chi connectivity index (χ0) is 15.4. The summed E-state index contributed by atoms with van der Waals surface area (Å²) in [5.74, 6) is 0.784. The molecule has 0 spiro atoms. The van der Waals surface area contributed by atoms with Crippen LogP contribution in [0.15, 0.2) is 54.6 Å². The molecule has 1 N–H and O–H groups in total. The van der Waals surface area contributed by atoms with E-state index in [4.69, 9.17) is 4.74 Å². The molecule has 1 aliphatic heterocycles. The van der Waals surface area contributed by atoms with Crippen molar-refractivity contribution in [2.75, 3.05) is 6.61 Å². The Labute approximate surface area is 130 Å². The van der Waals surface area contributed by atoms with Gasteiger partial charge in [-0.1, -0.05) is 42.5 Å². The molecule has 0 aromatic heterocycles. The van der Waals surface area contributed by atoms with Crippen molar-refractivity contribution in [3.05, 3.63) is 71.3 Å². The number of benzene rings is 2. The minimum atomic E-state index is -0.0787. The Morgan fingerprint density at radius 3 is 2.82 bits per heavy atom.